The number of nitrogens with zero attached hydrogens (tertiary/aromatic N) is 2. The van der Waals surface area contributed by atoms with E-state index in [0.717, 1.165) is 11.1 Å². The zero-order valence-electron chi connectivity index (χ0n) is 13.0. The number of benzene rings is 2. The molecule has 5 nitrogen and oxygen atoms in total. The monoisotopic (exact) mass is 307 g/mol. The molecule has 1 amide bonds. The highest BCUT2D eigenvalue weighted by Gasteiger charge is 2.18. The van der Waals surface area contributed by atoms with E-state index >= 15 is 0 Å². The molecule has 0 radical (unpaired) electrons. The Morgan fingerprint density at radius 1 is 1.09 bits per heavy atom. The normalized spacial score (nSPS) is 11.9. The number of rotatable bonds is 4. The molecule has 0 bridgehead atoms. The molecule has 0 fully saturated rings. The predicted octanol–water partition coefficient (Wildman–Crippen LogP) is 3.54. The number of carbonyl (C=O) groups is 1. The van der Waals surface area contributed by atoms with E-state index in [-0.39, 0.29) is 11.9 Å². The van der Waals surface area contributed by atoms with Crippen LogP contribution in [0.1, 0.15) is 34.8 Å². The van der Waals surface area contributed by atoms with Gasteiger partial charge in [0.1, 0.15) is 6.04 Å². The maximum absolute atomic E-state index is 12.3. The summed E-state index contributed by atoms with van der Waals surface area (Å²) in [7, 11) is 0. The predicted molar refractivity (Wildman–Crippen MR) is 86.8 cm³/mol. The molecule has 0 spiro atoms. The fraction of sp³-hybridized carbons (Fsp3) is 0.167. The van der Waals surface area contributed by atoms with Crippen LogP contribution in [0.15, 0.2) is 59.1 Å². The standard InChI is InChI=1S/C18H17N3O2/c1-12-8-6-7-11-15(12)17(22)19-13(2)18-20-16(21-23-18)14-9-4-3-5-10-14/h3-11,13H,1-2H3,(H,19,22)/t13-/m0/s1. The molecule has 23 heavy (non-hydrogen) atoms. The van der Waals surface area contributed by atoms with Gasteiger partial charge < -0.3 is 9.84 Å². The van der Waals surface area contributed by atoms with Crippen LogP contribution in [0, 0.1) is 6.92 Å². The highest BCUT2D eigenvalue weighted by atomic mass is 16.5. The third-order valence-corrected chi connectivity index (χ3v) is 3.58. The molecule has 3 aromatic rings. The van der Waals surface area contributed by atoms with Crippen LogP contribution in [0.2, 0.25) is 0 Å². The zero-order valence-corrected chi connectivity index (χ0v) is 13.0. The number of hydrogen-bond acceptors (Lipinski definition) is 4. The van der Waals surface area contributed by atoms with Gasteiger partial charge in [-0.15, -0.1) is 0 Å². The van der Waals surface area contributed by atoms with Crippen LogP contribution >= 0.6 is 0 Å². The van der Waals surface area contributed by atoms with Crippen molar-refractivity contribution in [3.05, 3.63) is 71.6 Å². The molecule has 2 aromatic carbocycles. The van der Waals surface area contributed by atoms with Crippen molar-refractivity contribution >= 4 is 5.91 Å². The molecule has 1 atom stereocenters. The fourth-order valence-corrected chi connectivity index (χ4v) is 2.28. The lowest BCUT2D eigenvalue weighted by Crippen LogP contribution is -2.27. The SMILES string of the molecule is Cc1ccccc1C(=O)N[C@@H](C)c1nc(-c2ccccc2)no1. The molecule has 0 aliphatic rings. The van der Waals surface area contributed by atoms with Gasteiger partial charge in [0.2, 0.25) is 11.7 Å². The van der Waals surface area contributed by atoms with Crippen molar-refractivity contribution in [1.29, 1.82) is 0 Å². The van der Waals surface area contributed by atoms with Crippen molar-refractivity contribution in [3.63, 3.8) is 0 Å². The Bertz CT molecular complexity index is 812. The number of carbonyl (C=O) groups excluding carboxylic acids is 1. The first-order valence-corrected chi connectivity index (χ1v) is 7.40. The van der Waals surface area contributed by atoms with Gasteiger partial charge in [-0.1, -0.05) is 53.7 Å². The van der Waals surface area contributed by atoms with Crippen LogP contribution < -0.4 is 5.32 Å². The summed E-state index contributed by atoms with van der Waals surface area (Å²) in [5, 5.41) is 6.85. The van der Waals surface area contributed by atoms with Gasteiger partial charge in [-0.2, -0.15) is 4.98 Å². The van der Waals surface area contributed by atoms with E-state index in [1.165, 1.54) is 0 Å². The minimum Gasteiger partial charge on any atom is -0.341 e. The van der Waals surface area contributed by atoms with E-state index < -0.39 is 0 Å². The van der Waals surface area contributed by atoms with E-state index in [4.69, 9.17) is 4.52 Å². The lowest BCUT2D eigenvalue weighted by Gasteiger charge is -2.11. The molecule has 116 valence electrons. The maximum Gasteiger partial charge on any atom is 0.252 e. The Morgan fingerprint density at radius 2 is 1.78 bits per heavy atom. The summed E-state index contributed by atoms with van der Waals surface area (Å²) < 4.78 is 5.27. The van der Waals surface area contributed by atoms with E-state index in [1.807, 2.05) is 62.4 Å². The van der Waals surface area contributed by atoms with Gasteiger partial charge in [-0.3, -0.25) is 4.79 Å². The quantitative estimate of drug-likeness (QED) is 0.800. The molecule has 1 N–H and O–H groups in total. The Labute approximate surface area is 134 Å². The summed E-state index contributed by atoms with van der Waals surface area (Å²) in [4.78, 5) is 16.7. The average molecular weight is 307 g/mol. The van der Waals surface area contributed by atoms with Gasteiger partial charge in [0.25, 0.3) is 5.91 Å². The minimum absolute atomic E-state index is 0.157. The van der Waals surface area contributed by atoms with Crippen LogP contribution in [0.25, 0.3) is 11.4 Å². The minimum atomic E-state index is -0.368. The van der Waals surface area contributed by atoms with Crippen LogP contribution in [-0.4, -0.2) is 16.0 Å². The fourth-order valence-electron chi connectivity index (χ4n) is 2.28. The molecule has 0 unspecified atom stereocenters. The molecule has 3 rings (SSSR count). The number of hydrogen-bond donors (Lipinski definition) is 1. The zero-order chi connectivity index (χ0) is 16.2. The third kappa shape index (κ3) is 3.29. The molecule has 0 aliphatic carbocycles. The Hall–Kier alpha value is -2.95. The van der Waals surface area contributed by atoms with Crippen molar-refractivity contribution in [3.8, 4) is 11.4 Å². The second-order valence-electron chi connectivity index (χ2n) is 5.33. The van der Waals surface area contributed by atoms with Gasteiger partial charge in [-0.25, -0.2) is 0 Å². The summed E-state index contributed by atoms with van der Waals surface area (Å²) in [5.74, 6) is 0.735. The molecular weight excluding hydrogens is 290 g/mol. The van der Waals surface area contributed by atoms with Crippen LogP contribution in [-0.2, 0) is 0 Å². The molecule has 0 aliphatic heterocycles. The smallest absolute Gasteiger partial charge is 0.252 e. The first-order chi connectivity index (χ1) is 11.1. The first-order valence-electron chi connectivity index (χ1n) is 7.40. The van der Waals surface area contributed by atoms with Crippen LogP contribution in [0.5, 0.6) is 0 Å². The number of amides is 1. The Balaban J connectivity index is 1.74. The van der Waals surface area contributed by atoms with Crippen molar-refractivity contribution in [2.45, 2.75) is 19.9 Å². The number of aryl methyl sites for hydroxylation is 1. The van der Waals surface area contributed by atoms with Crippen molar-refractivity contribution in [1.82, 2.24) is 15.5 Å². The summed E-state index contributed by atoms with van der Waals surface area (Å²) in [6.45, 7) is 3.72. The molecule has 0 saturated heterocycles. The van der Waals surface area contributed by atoms with Crippen LogP contribution in [0.3, 0.4) is 0 Å². The van der Waals surface area contributed by atoms with Crippen molar-refractivity contribution in [2.75, 3.05) is 0 Å². The van der Waals surface area contributed by atoms with Gasteiger partial charge in [0.05, 0.1) is 0 Å². The molecule has 0 saturated carbocycles. The highest BCUT2D eigenvalue weighted by molar-refractivity contribution is 5.95. The van der Waals surface area contributed by atoms with Crippen LogP contribution in [0.4, 0.5) is 0 Å². The van der Waals surface area contributed by atoms with Crippen molar-refractivity contribution in [2.24, 2.45) is 0 Å². The molecule has 1 aromatic heterocycles. The second-order valence-corrected chi connectivity index (χ2v) is 5.33. The maximum atomic E-state index is 12.3. The second kappa shape index (κ2) is 6.44. The largest absolute Gasteiger partial charge is 0.341 e. The summed E-state index contributed by atoms with van der Waals surface area (Å²) >= 11 is 0. The third-order valence-electron chi connectivity index (χ3n) is 3.58. The molecule has 1 heterocycles. The Morgan fingerprint density at radius 3 is 2.52 bits per heavy atom. The van der Waals surface area contributed by atoms with E-state index in [2.05, 4.69) is 15.5 Å². The van der Waals surface area contributed by atoms with Gasteiger partial charge in [-0.05, 0) is 25.5 Å². The summed E-state index contributed by atoms with van der Waals surface area (Å²) in [6, 6.07) is 16.6. The number of nitrogens with one attached hydrogen (secondary N) is 1. The number of aromatic nitrogens is 2. The summed E-state index contributed by atoms with van der Waals surface area (Å²) in [5.41, 5.74) is 2.44. The Kier molecular flexibility index (Phi) is 4.19. The van der Waals surface area contributed by atoms with E-state index in [9.17, 15) is 4.79 Å². The van der Waals surface area contributed by atoms with E-state index in [0.29, 0.717) is 17.3 Å². The molecular formula is C18H17N3O2. The topological polar surface area (TPSA) is 68.0 Å². The first kappa shape index (κ1) is 15.0. The lowest BCUT2D eigenvalue weighted by atomic mass is 10.1. The van der Waals surface area contributed by atoms with Gasteiger partial charge in [0.15, 0.2) is 0 Å². The molecule has 5 heteroatoms. The lowest BCUT2D eigenvalue weighted by molar-refractivity contribution is 0.0932. The van der Waals surface area contributed by atoms with Gasteiger partial charge >= 0.3 is 0 Å². The van der Waals surface area contributed by atoms with Crippen molar-refractivity contribution < 1.29 is 9.32 Å². The average Bonchev–Trinajstić information content (AvgIpc) is 3.06. The highest BCUT2D eigenvalue weighted by Crippen LogP contribution is 2.18. The van der Waals surface area contributed by atoms with E-state index in [1.54, 1.807) is 6.07 Å². The summed E-state index contributed by atoms with van der Waals surface area (Å²) in [6.07, 6.45) is 0. The van der Waals surface area contributed by atoms with Gasteiger partial charge in [0, 0.05) is 11.1 Å².